The number of benzene rings is 2. The molecule has 0 radical (unpaired) electrons. The summed E-state index contributed by atoms with van der Waals surface area (Å²) in [6, 6.07) is 16.9. The Bertz CT molecular complexity index is 756. The highest BCUT2D eigenvalue weighted by Gasteiger charge is 2.01. The molecule has 2 rings (SSSR count). The molecule has 0 spiro atoms. The normalized spacial score (nSPS) is 11.3. The lowest BCUT2D eigenvalue weighted by Crippen LogP contribution is -1.97. The Balaban J connectivity index is 1.72. The molecule has 0 N–H and O–H groups in total. The number of hydrogen-bond acceptors (Lipinski definition) is 2. The van der Waals surface area contributed by atoms with Crippen LogP contribution in [-0.2, 0) is 6.42 Å². The van der Waals surface area contributed by atoms with Crippen LogP contribution in [0.3, 0.4) is 0 Å². The van der Waals surface area contributed by atoms with Crippen molar-refractivity contribution in [2.75, 3.05) is 6.61 Å². The van der Waals surface area contributed by atoms with E-state index in [1.165, 1.54) is 44.1 Å². The second-order valence-corrected chi connectivity index (χ2v) is 8.97. The van der Waals surface area contributed by atoms with E-state index in [9.17, 15) is 0 Å². The van der Waals surface area contributed by atoms with Crippen molar-refractivity contribution in [1.29, 1.82) is 0 Å². The van der Waals surface area contributed by atoms with Gasteiger partial charge in [0.1, 0.15) is 5.75 Å². The van der Waals surface area contributed by atoms with Gasteiger partial charge in [-0.15, -0.1) is 0 Å². The smallest absolute Gasteiger partial charge is 0.119 e. The van der Waals surface area contributed by atoms with Crippen LogP contribution < -0.4 is 4.74 Å². The fraction of sp³-hybridized carbons (Fsp3) is 0.464. The third-order valence-corrected chi connectivity index (χ3v) is 5.58. The number of unbranched alkanes of at least 4 members (excludes halogenated alkanes) is 6. The summed E-state index contributed by atoms with van der Waals surface area (Å²) in [5.74, 6) is 1.62. The Morgan fingerprint density at radius 2 is 1.50 bits per heavy atom. The van der Waals surface area contributed by atoms with Gasteiger partial charge in [-0.3, -0.25) is 0 Å². The lowest BCUT2D eigenvalue weighted by molar-refractivity contribution is 0.304. The molecule has 0 aliphatic heterocycles. The molecule has 30 heavy (non-hydrogen) atoms. The molecular weight excluding hydrogens is 384 g/mol. The predicted molar refractivity (Wildman–Crippen MR) is 136 cm³/mol. The standard InChI is InChI=1S/C28H38OS/c1-4-5-6-7-8-9-10-21-29-27-18-13-24(14-19-27)15-20-28(30)26-16-11-25(12-17-26)22-23(2)3/h11-20,23H,4-10,21-22H2,1-3H3. The molecule has 0 saturated carbocycles. The van der Waals surface area contributed by atoms with Crippen molar-refractivity contribution in [1.82, 2.24) is 0 Å². The summed E-state index contributed by atoms with van der Waals surface area (Å²) < 4.78 is 5.87. The fourth-order valence-electron chi connectivity index (χ4n) is 3.47. The van der Waals surface area contributed by atoms with E-state index in [1.807, 2.05) is 18.2 Å². The zero-order valence-corrected chi connectivity index (χ0v) is 19.8. The Morgan fingerprint density at radius 3 is 2.13 bits per heavy atom. The van der Waals surface area contributed by atoms with Crippen molar-refractivity contribution < 1.29 is 4.74 Å². The third kappa shape index (κ3) is 9.71. The van der Waals surface area contributed by atoms with Crippen LogP contribution >= 0.6 is 12.2 Å². The second-order valence-electron chi connectivity index (χ2n) is 8.53. The van der Waals surface area contributed by atoms with Gasteiger partial charge in [-0.25, -0.2) is 0 Å². The van der Waals surface area contributed by atoms with Crippen molar-refractivity contribution in [3.05, 3.63) is 71.3 Å². The van der Waals surface area contributed by atoms with Crippen LogP contribution in [0.5, 0.6) is 5.75 Å². The third-order valence-electron chi connectivity index (χ3n) is 5.21. The molecule has 0 bridgehead atoms. The summed E-state index contributed by atoms with van der Waals surface area (Å²) in [5.41, 5.74) is 3.60. The van der Waals surface area contributed by atoms with E-state index in [2.05, 4.69) is 63.2 Å². The van der Waals surface area contributed by atoms with E-state index in [-0.39, 0.29) is 0 Å². The van der Waals surface area contributed by atoms with Crippen molar-refractivity contribution in [2.45, 2.75) is 72.1 Å². The SMILES string of the molecule is CCCCCCCCCOc1ccc(C=CC(=S)c2ccc(CC(C)C)cc2)cc1. The molecule has 0 heterocycles. The first-order valence-electron chi connectivity index (χ1n) is 11.6. The van der Waals surface area contributed by atoms with Gasteiger partial charge in [0.2, 0.25) is 0 Å². The van der Waals surface area contributed by atoms with Crippen molar-refractivity contribution in [2.24, 2.45) is 5.92 Å². The largest absolute Gasteiger partial charge is 0.494 e. The number of hydrogen-bond donors (Lipinski definition) is 0. The van der Waals surface area contributed by atoms with E-state index >= 15 is 0 Å². The molecule has 2 heteroatoms. The van der Waals surface area contributed by atoms with Crippen molar-refractivity contribution in [3.63, 3.8) is 0 Å². The Morgan fingerprint density at radius 1 is 0.867 bits per heavy atom. The van der Waals surface area contributed by atoms with Gasteiger partial charge in [0.05, 0.1) is 6.61 Å². The summed E-state index contributed by atoms with van der Waals surface area (Å²) >= 11 is 5.58. The second kappa shape index (κ2) is 14.1. The fourth-order valence-corrected chi connectivity index (χ4v) is 3.67. The highest BCUT2D eigenvalue weighted by Crippen LogP contribution is 2.16. The van der Waals surface area contributed by atoms with Crippen LogP contribution in [0.1, 0.15) is 82.4 Å². The van der Waals surface area contributed by atoms with Gasteiger partial charge in [0.15, 0.2) is 0 Å². The zero-order valence-electron chi connectivity index (χ0n) is 19.0. The molecular formula is C28H38OS. The highest BCUT2D eigenvalue weighted by atomic mass is 32.1. The van der Waals surface area contributed by atoms with Gasteiger partial charge in [-0.05, 0) is 53.7 Å². The first-order chi connectivity index (χ1) is 14.6. The minimum atomic E-state index is 0.671. The maximum Gasteiger partial charge on any atom is 0.119 e. The minimum absolute atomic E-state index is 0.671. The van der Waals surface area contributed by atoms with Gasteiger partial charge in [0, 0.05) is 4.86 Å². The topological polar surface area (TPSA) is 9.23 Å². The van der Waals surface area contributed by atoms with Gasteiger partial charge < -0.3 is 4.74 Å². The molecule has 1 nitrogen and oxygen atoms in total. The summed E-state index contributed by atoms with van der Waals surface area (Å²) in [5, 5.41) is 0. The molecule has 0 atom stereocenters. The molecule has 162 valence electrons. The molecule has 0 amide bonds. The maximum atomic E-state index is 5.87. The number of thiocarbonyl (C=S) groups is 1. The molecule has 0 aliphatic rings. The van der Waals surface area contributed by atoms with Crippen LogP contribution in [-0.4, -0.2) is 11.5 Å². The monoisotopic (exact) mass is 422 g/mol. The molecule has 0 fully saturated rings. The Labute approximate surface area is 189 Å². The van der Waals surface area contributed by atoms with E-state index in [0.29, 0.717) is 5.92 Å². The average Bonchev–Trinajstić information content (AvgIpc) is 2.75. The van der Waals surface area contributed by atoms with Crippen LogP contribution in [0.25, 0.3) is 6.08 Å². The molecule has 0 saturated heterocycles. The number of allylic oxidation sites excluding steroid dienone is 1. The number of ether oxygens (including phenoxy) is 1. The lowest BCUT2D eigenvalue weighted by atomic mass is 10.0. The van der Waals surface area contributed by atoms with E-state index in [0.717, 1.165) is 41.2 Å². The minimum Gasteiger partial charge on any atom is -0.494 e. The quantitative estimate of drug-likeness (QED) is 0.131. The first kappa shape index (κ1) is 24.3. The van der Waals surface area contributed by atoms with E-state index in [1.54, 1.807) is 0 Å². The molecule has 0 aromatic heterocycles. The summed E-state index contributed by atoms with van der Waals surface area (Å²) in [6.45, 7) is 7.55. The first-order valence-corrected chi connectivity index (χ1v) is 12.0. The molecule has 2 aromatic carbocycles. The van der Waals surface area contributed by atoms with Gasteiger partial charge >= 0.3 is 0 Å². The zero-order chi connectivity index (χ0) is 21.6. The van der Waals surface area contributed by atoms with Crippen LogP contribution in [0.2, 0.25) is 0 Å². The van der Waals surface area contributed by atoms with E-state index < -0.39 is 0 Å². The van der Waals surface area contributed by atoms with Crippen molar-refractivity contribution in [3.8, 4) is 5.75 Å². The summed E-state index contributed by atoms with van der Waals surface area (Å²) in [7, 11) is 0. The van der Waals surface area contributed by atoms with Gasteiger partial charge in [-0.2, -0.15) is 0 Å². The molecule has 0 aliphatic carbocycles. The van der Waals surface area contributed by atoms with Crippen LogP contribution in [0.15, 0.2) is 54.6 Å². The summed E-state index contributed by atoms with van der Waals surface area (Å²) in [6.07, 6.45) is 14.3. The molecule has 2 aromatic rings. The molecule has 0 unspecified atom stereocenters. The average molecular weight is 423 g/mol. The maximum absolute atomic E-state index is 5.87. The number of rotatable bonds is 14. The van der Waals surface area contributed by atoms with Crippen LogP contribution in [0, 0.1) is 5.92 Å². The van der Waals surface area contributed by atoms with Crippen LogP contribution in [0.4, 0.5) is 0 Å². The van der Waals surface area contributed by atoms with E-state index in [4.69, 9.17) is 17.0 Å². The van der Waals surface area contributed by atoms with Gasteiger partial charge in [-0.1, -0.05) is 114 Å². The Hall–Kier alpha value is -1.93. The van der Waals surface area contributed by atoms with Crippen molar-refractivity contribution >= 4 is 23.2 Å². The predicted octanol–water partition coefficient (Wildman–Crippen LogP) is 8.45. The highest BCUT2D eigenvalue weighted by molar-refractivity contribution is 7.81. The summed E-state index contributed by atoms with van der Waals surface area (Å²) in [4.78, 5) is 0.866. The van der Waals surface area contributed by atoms with Gasteiger partial charge in [0.25, 0.3) is 0 Å². The Kier molecular flexibility index (Phi) is 11.5. The lowest BCUT2D eigenvalue weighted by Gasteiger charge is -2.07.